The largest absolute Gasteiger partial charge is 0.344 e. The molecule has 0 saturated heterocycles. The van der Waals surface area contributed by atoms with Crippen molar-refractivity contribution in [3.05, 3.63) is 70.9 Å². The van der Waals surface area contributed by atoms with Gasteiger partial charge in [-0.05, 0) is 74.3 Å². The normalized spacial score (nSPS) is 14.7. The van der Waals surface area contributed by atoms with Gasteiger partial charge in [-0.3, -0.25) is 0 Å². The fourth-order valence-corrected chi connectivity index (χ4v) is 3.92. The lowest BCUT2D eigenvalue weighted by Crippen LogP contribution is -2.17. The first-order valence-electron chi connectivity index (χ1n) is 8.84. The zero-order chi connectivity index (χ0) is 17.4. The number of hydrogen-bond acceptors (Lipinski definition) is 1. The molecule has 0 saturated carbocycles. The van der Waals surface area contributed by atoms with Gasteiger partial charge in [0.2, 0.25) is 0 Å². The molecule has 2 heterocycles. The summed E-state index contributed by atoms with van der Waals surface area (Å²) in [5.41, 5.74) is 4.80. The Morgan fingerprint density at radius 1 is 1.00 bits per heavy atom. The summed E-state index contributed by atoms with van der Waals surface area (Å²) in [6.45, 7) is 2.75. The third kappa shape index (κ3) is 3.62. The highest BCUT2D eigenvalue weighted by molar-refractivity contribution is 5.86. The van der Waals surface area contributed by atoms with E-state index in [2.05, 4.69) is 16.5 Å². The standard InChI is InChI=1S/C21H22F2N2.ClH/c1-24-11-2-3-20-19(14-24)18-13-17(23)8-9-21(18)25(20)12-10-15-4-6-16(22)7-5-15;/h4-9,13H,2-3,10-12,14H2,1H3;1H. The molecule has 2 nitrogen and oxygen atoms in total. The molecule has 0 atom stereocenters. The summed E-state index contributed by atoms with van der Waals surface area (Å²) in [6.07, 6.45) is 2.96. The molecule has 26 heavy (non-hydrogen) atoms. The van der Waals surface area contributed by atoms with E-state index in [1.165, 1.54) is 23.4 Å². The molecule has 5 heteroatoms. The van der Waals surface area contributed by atoms with Crippen LogP contribution in [0, 0.1) is 11.6 Å². The van der Waals surface area contributed by atoms with Gasteiger partial charge in [0.15, 0.2) is 0 Å². The van der Waals surface area contributed by atoms with E-state index >= 15 is 0 Å². The minimum absolute atomic E-state index is 0. The maximum absolute atomic E-state index is 13.8. The number of halogens is 3. The predicted molar refractivity (Wildman–Crippen MR) is 104 cm³/mol. The second kappa shape index (κ2) is 7.77. The Bertz CT molecular complexity index is 903. The molecule has 0 unspecified atom stereocenters. The molecular weight excluding hydrogens is 354 g/mol. The molecule has 3 aromatic rings. The number of fused-ring (bicyclic) bond motifs is 3. The lowest BCUT2D eigenvalue weighted by Gasteiger charge is -2.12. The second-order valence-corrected chi connectivity index (χ2v) is 6.96. The van der Waals surface area contributed by atoms with Crippen molar-refractivity contribution in [3.63, 3.8) is 0 Å². The average molecular weight is 377 g/mol. The van der Waals surface area contributed by atoms with Crippen LogP contribution in [0.3, 0.4) is 0 Å². The summed E-state index contributed by atoms with van der Waals surface area (Å²) in [5, 5.41) is 1.03. The lowest BCUT2D eigenvalue weighted by molar-refractivity contribution is 0.333. The Labute approximate surface area is 158 Å². The van der Waals surface area contributed by atoms with E-state index < -0.39 is 0 Å². The van der Waals surface area contributed by atoms with Crippen LogP contribution in [0.25, 0.3) is 10.9 Å². The first kappa shape index (κ1) is 18.9. The molecule has 0 amide bonds. The van der Waals surface area contributed by atoms with E-state index in [0.717, 1.165) is 55.4 Å². The lowest BCUT2D eigenvalue weighted by atomic mass is 10.1. The number of rotatable bonds is 3. The van der Waals surface area contributed by atoms with Crippen molar-refractivity contribution >= 4 is 23.3 Å². The molecule has 0 bridgehead atoms. The van der Waals surface area contributed by atoms with Gasteiger partial charge in [0.05, 0.1) is 0 Å². The van der Waals surface area contributed by atoms with Crippen molar-refractivity contribution in [2.45, 2.75) is 32.4 Å². The van der Waals surface area contributed by atoms with E-state index in [0.29, 0.717) is 0 Å². The molecular formula is C21H23ClF2N2. The monoisotopic (exact) mass is 376 g/mol. The molecule has 0 aliphatic carbocycles. The van der Waals surface area contributed by atoms with E-state index in [1.807, 2.05) is 18.2 Å². The van der Waals surface area contributed by atoms with Crippen LogP contribution in [0.1, 0.15) is 23.2 Å². The van der Waals surface area contributed by atoms with Crippen LogP contribution in [0.5, 0.6) is 0 Å². The summed E-state index contributed by atoms with van der Waals surface area (Å²) < 4.78 is 29.3. The van der Waals surface area contributed by atoms with Crippen LogP contribution in [-0.4, -0.2) is 23.1 Å². The SMILES string of the molecule is CN1CCCc2c(c3cc(F)ccc3n2CCc2ccc(F)cc2)C1.Cl. The molecule has 0 fully saturated rings. The zero-order valence-corrected chi connectivity index (χ0v) is 15.7. The van der Waals surface area contributed by atoms with Gasteiger partial charge in [-0.25, -0.2) is 8.78 Å². The number of hydrogen-bond donors (Lipinski definition) is 0. The Balaban J connectivity index is 0.00000196. The highest BCUT2D eigenvalue weighted by Crippen LogP contribution is 2.31. The second-order valence-electron chi connectivity index (χ2n) is 6.96. The summed E-state index contributed by atoms with van der Waals surface area (Å²) in [6, 6.07) is 11.8. The molecule has 1 aliphatic heterocycles. The molecule has 0 N–H and O–H groups in total. The van der Waals surface area contributed by atoms with Crippen molar-refractivity contribution in [2.24, 2.45) is 0 Å². The van der Waals surface area contributed by atoms with E-state index in [9.17, 15) is 8.78 Å². The summed E-state index contributed by atoms with van der Waals surface area (Å²) in [5.74, 6) is -0.388. The molecule has 0 radical (unpaired) electrons. The Morgan fingerprint density at radius 2 is 1.73 bits per heavy atom. The van der Waals surface area contributed by atoms with Gasteiger partial charge in [-0.1, -0.05) is 12.1 Å². The third-order valence-corrected chi connectivity index (χ3v) is 5.17. The van der Waals surface area contributed by atoms with Crippen LogP contribution in [-0.2, 0) is 25.9 Å². The quantitative estimate of drug-likeness (QED) is 0.627. The number of nitrogens with zero attached hydrogens (tertiary/aromatic N) is 2. The van der Waals surface area contributed by atoms with Crippen molar-refractivity contribution in [1.29, 1.82) is 0 Å². The maximum Gasteiger partial charge on any atom is 0.123 e. The molecule has 1 aromatic heterocycles. The number of benzene rings is 2. The fraction of sp³-hybridized carbons (Fsp3) is 0.333. The Morgan fingerprint density at radius 3 is 2.50 bits per heavy atom. The Kier molecular flexibility index (Phi) is 5.64. The molecule has 2 aromatic carbocycles. The van der Waals surface area contributed by atoms with Gasteiger partial charge in [0, 0.05) is 29.7 Å². The zero-order valence-electron chi connectivity index (χ0n) is 14.8. The van der Waals surface area contributed by atoms with Gasteiger partial charge >= 0.3 is 0 Å². The van der Waals surface area contributed by atoms with E-state index in [-0.39, 0.29) is 24.0 Å². The maximum atomic E-state index is 13.8. The summed E-state index contributed by atoms with van der Waals surface area (Å²) in [4.78, 5) is 2.31. The number of aromatic nitrogens is 1. The van der Waals surface area contributed by atoms with Crippen LogP contribution in [0.15, 0.2) is 42.5 Å². The molecule has 0 spiro atoms. The third-order valence-electron chi connectivity index (χ3n) is 5.17. The average Bonchev–Trinajstić information content (AvgIpc) is 2.74. The first-order valence-corrected chi connectivity index (χ1v) is 8.84. The minimum Gasteiger partial charge on any atom is -0.344 e. The van der Waals surface area contributed by atoms with Crippen molar-refractivity contribution in [2.75, 3.05) is 13.6 Å². The highest BCUT2D eigenvalue weighted by atomic mass is 35.5. The smallest absolute Gasteiger partial charge is 0.123 e. The molecule has 138 valence electrons. The highest BCUT2D eigenvalue weighted by Gasteiger charge is 2.21. The van der Waals surface area contributed by atoms with Crippen LogP contribution in [0.2, 0.25) is 0 Å². The van der Waals surface area contributed by atoms with Gasteiger partial charge in [-0.2, -0.15) is 0 Å². The molecule has 1 aliphatic rings. The fourth-order valence-electron chi connectivity index (χ4n) is 3.92. The Hall–Kier alpha value is -1.91. The van der Waals surface area contributed by atoms with Crippen molar-refractivity contribution in [1.82, 2.24) is 9.47 Å². The first-order chi connectivity index (χ1) is 12.1. The summed E-state index contributed by atoms with van der Waals surface area (Å²) >= 11 is 0. The van der Waals surface area contributed by atoms with Crippen LogP contribution in [0.4, 0.5) is 8.78 Å². The van der Waals surface area contributed by atoms with Gasteiger partial charge in [0.1, 0.15) is 11.6 Å². The van der Waals surface area contributed by atoms with Crippen LogP contribution >= 0.6 is 12.4 Å². The van der Waals surface area contributed by atoms with Crippen LogP contribution < -0.4 is 0 Å². The minimum atomic E-state index is -0.206. The van der Waals surface area contributed by atoms with Gasteiger partial charge in [0.25, 0.3) is 0 Å². The topological polar surface area (TPSA) is 8.17 Å². The van der Waals surface area contributed by atoms with Crippen molar-refractivity contribution in [3.8, 4) is 0 Å². The number of aryl methyl sites for hydroxylation is 2. The van der Waals surface area contributed by atoms with E-state index in [1.54, 1.807) is 12.1 Å². The van der Waals surface area contributed by atoms with Crippen molar-refractivity contribution < 1.29 is 8.78 Å². The van der Waals surface area contributed by atoms with E-state index in [4.69, 9.17) is 0 Å². The predicted octanol–water partition coefficient (Wildman–Crippen LogP) is 4.96. The van der Waals surface area contributed by atoms with Gasteiger partial charge < -0.3 is 9.47 Å². The van der Waals surface area contributed by atoms with Gasteiger partial charge in [-0.15, -0.1) is 12.4 Å². The molecule has 4 rings (SSSR count). The summed E-state index contributed by atoms with van der Waals surface area (Å²) in [7, 11) is 2.12.